The van der Waals surface area contributed by atoms with Gasteiger partial charge in [0.05, 0.1) is 10.1 Å². The standard InChI is InChI=1S/C19H24N2O3S2/c1-14(2)21(4)26(23,24)18-12-10-16(11-13-18)20-19(22)15(3)25-17-8-6-5-7-9-17/h5-15H,1-4H3,(H,20,22)/t15-/m0/s1. The molecule has 2 rings (SSSR count). The molecule has 1 atom stereocenters. The van der Waals surface area contributed by atoms with E-state index in [-0.39, 0.29) is 22.1 Å². The van der Waals surface area contributed by atoms with Gasteiger partial charge in [0.25, 0.3) is 0 Å². The van der Waals surface area contributed by atoms with Crippen LogP contribution in [0, 0.1) is 0 Å². The van der Waals surface area contributed by atoms with Crippen LogP contribution in [-0.4, -0.2) is 37.0 Å². The summed E-state index contributed by atoms with van der Waals surface area (Å²) in [5.74, 6) is -0.131. The number of nitrogens with one attached hydrogen (secondary N) is 1. The number of carbonyl (C=O) groups excluding carboxylic acids is 1. The number of sulfonamides is 1. The first-order valence-corrected chi connectivity index (χ1v) is 10.6. The largest absolute Gasteiger partial charge is 0.325 e. The van der Waals surface area contributed by atoms with E-state index in [9.17, 15) is 13.2 Å². The van der Waals surface area contributed by atoms with Gasteiger partial charge in [-0.25, -0.2) is 8.42 Å². The molecule has 0 fully saturated rings. The highest BCUT2D eigenvalue weighted by Gasteiger charge is 2.23. The fourth-order valence-electron chi connectivity index (χ4n) is 2.15. The molecule has 0 aliphatic heterocycles. The second kappa shape index (κ2) is 8.70. The summed E-state index contributed by atoms with van der Waals surface area (Å²) >= 11 is 1.47. The lowest BCUT2D eigenvalue weighted by Gasteiger charge is -2.21. The van der Waals surface area contributed by atoms with Crippen molar-refractivity contribution in [1.82, 2.24) is 4.31 Å². The van der Waals surface area contributed by atoms with Gasteiger partial charge in [0.1, 0.15) is 0 Å². The van der Waals surface area contributed by atoms with Crippen molar-refractivity contribution in [3.63, 3.8) is 0 Å². The number of benzene rings is 2. The third kappa shape index (κ3) is 5.09. The maximum Gasteiger partial charge on any atom is 0.243 e. The minimum atomic E-state index is -3.52. The van der Waals surface area contributed by atoms with Crippen molar-refractivity contribution in [2.45, 2.75) is 41.9 Å². The average Bonchev–Trinajstić information content (AvgIpc) is 2.62. The molecule has 1 amide bonds. The van der Waals surface area contributed by atoms with Crippen LogP contribution in [0.1, 0.15) is 20.8 Å². The minimum absolute atomic E-state index is 0.129. The average molecular weight is 393 g/mol. The van der Waals surface area contributed by atoms with E-state index in [1.807, 2.05) is 51.1 Å². The highest BCUT2D eigenvalue weighted by atomic mass is 32.2. The molecule has 1 N–H and O–H groups in total. The van der Waals surface area contributed by atoms with Crippen LogP contribution in [0.3, 0.4) is 0 Å². The Morgan fingerprint density at radius 1 is 1.00 bits per heavy atom. The van der Waals surface area contributed by atoms with Gasteiger partial charge >= 0.3 is 0 Å². The fraction of sp³-hybridized carbons (Fsp3) is 0.316. The molecule has 7 heteroatoms. The summed E-state index contributed by atoms with van der Waals surface area (Å²) < 4.78 is 26.2. The molecule has 2 aromatic carbocycles. The Morgan fingerprint density at radius 2 is 1.58 bits per heavy atom. The van der Waals surface area contributed by atoms with Crippen molar-refractivity contribution in [3.8, 4) is 0 Å². The van der Waals surface area contributed by atoms with Gasteiger partial charge in [0.15, 0.2) is 0 Å². The molecule has 0 aliphatic rings. The van der Waals surface area contributed by atoms with Gasteiger partial charge in [-0.3, -0.25) is 4.79 Å². The monoisotopic (exact) mass is 392 g/mol. The maximum atomic E-state index is 12.5. The normalized spacial score (nSPS) is 13.0. The number of carbonyl (C=O) groups is 1. The van der Waals surface area contributed by atoms with E-state index in [0.717, 1.165) is 4.90 Å². The summed E-state index contributed by atoms with van der Waals surface area (Å²) in [6.07, 6.45) is 0. The SMILES string of the molecule is CC(C)N(C)S(=O)(=O)c1ccc(NC(=O)[C@H](C)Sc2ccccc2)cc1. The molecule has 0 spiro atoms. The number of rotatable bonds is 7. The first-order valence-electron chi connectivity index (χ1n) is 8.32. The van der Waals surface area contributed by atoms with Gasteiger partial charge in [-0.05, 0) is 57.2 Å². The van der Waals surface area contributed by atoms with Crippen LogP contribution in [0.15, 0.2) is 64.4 Å². The lowest BCUT2D eigenvalue weighted by molar-refractivity contribution is -0.115. The first-order chi connectivity index (χ1) is 12.2. The molecule has 0 saturated carbocycles. The van der Waals surface area contributed by atoms with E-state index >= 15 is 0 Å². The second-order valence-electron chi connectivity index (χ2n) is 6.20. The molecule has 0 heterocycles. The zero-order valence-electron chi connectivity index (χ0n) is 15.3. The van der Waals surface area contributed by atoms with Crippen molar-refractivity contribution < 1.29 is 13.2 Å². The number of amides is 1. The van der Waals surface area contributed by atoms with Gasteiger partial charge in [0, 0.05) is 23.7 Å². The zero-order valence-corrected chi connectivity index (χ0v) is 17.0. The molecule has 0 bridgehead atoms. The van der Waals surface area contributed by atoms with Crippen molar-refractivity contribution >= 4 is 33.4 Å². The quantitative estimate of drug-likeness (QED) is 0.727. The predicted octanol–water partition coefficient (Wildman–Crippen LogP) is 3.83. The van der Waals surface area contributed by atoms with Gasteiger partial charge in [0.2, 0.25) is 15.9 Å². The van der Waals surface area contributed by atoms with Crippen LogP contribution in [0.25, 0.3) is 0 Å². The van der Waals surface area contributed by atoms with Gasteiger partial charge < -0.3 is 5.32 Å². The highest BCUT2D eigenvalue weighted by Crippen LogP contribution is 2.24. The molecular formula is C19H24N2O3S2. The van der Waals surface area contributed by atoms with Crippen molar-refractivity contribution in [3.05, 3.63) is 54.6 Å². The first kappa shape index (κ1) is 20.5. The number of anilines is 1. The highest BCUT2D eigenvalue weighted by molar-refractivity contribution is 8.00. The Hall–Kier alpha value is -1.83. The molecule has 0 radical (unpaired) electrons. The molecule has 0 unspecified atom stereocenters. The van der Waals surface area contributed by atoms with Crippen molar-refractivity contribution in [1.29, 1.82) is 0 Å². The Balaban J connectivity index is 2.03. The van der Waals surface area contributed by atoms with Crippen LogP contribution in [0.4, 0.5) is 5.69 Å². The topological polar surface area (TPSA) is 66.5 Å². The van der Waals surface area contributed by atoms with E-state index in [4.69, 9.17) is 0 Å². The summed E-state index contributed by atoms with van der Waals surface area (Å²) in [5, 5.41) is 2.55. The number of hydrogen-bond acceptors (Lipinski definition) is 4. The molecule has 0 aromatic heterocycles. The smallest absolute Gasteiger partial charge is 0.243 e. The van der Waals surface area contributed by atoms with Gasteiger partial charge in [-0.1, -0.05) is 18.2 Å². The maximum absolute atomic E-state index is 12.5. The molecule has 0 aliphatic carbocycles. The predicted molar refractivity (Wildman–Crippen MR) is 107 cm³/mol. The molecule has 0 saturated heterocycles. The summed E-state index contributed by atoms with van der Waals surface area (Å²) in [6.45, 7) is 5.47. The lowest BCUT2D eigenvalue weighted by Crippen LogP contribution is -2.33. The minimum Gasteiger partial charge on any atom is -0.325 e. The van der Waals surface area contributed by atoms with E-state index in [1.165, 1.54) is 28.2 Å². The van der Waals surface area contributed by atoms with Crippen LogP contribution < -0.4 is 5.32 Å². The molecule has 140 valence electrons. The van der Waals surface area contributed by atoms with Crippen LogP contribution in [0.5, 0.6) is 0 Å². The number of nitrogens with zero attached hydrogens (tertiary/aromatic N) is 1. The summed E-state index contributed by atoms with van der Waals surface area (Å²) in [4.78, 5) is 13.6. The molecule has 5 nitrogen and oxygen atoms in total. The molecular weight excluding hydrogens is 368 g/mol. The summed E-state index contributed by atoms with van der Waals surface area (Å²) in [7, 11) is -1.97. The number of hydrogen-bond donors (Lipinski definition) is 1. The third-order valence-corrected chi connectivity index (χ3v) is 7.11. The summed E-state index contributed by atoms with van der Waals surface area (Å²) in [6, 6.07) is 15.8. The second-order valence-corrected chi connectivity index (χ2v) is 9.61. The van der Waals surface area contributed by atoms with Gasteiger partial charge in [-0.15, -0.1) is 11.8 Å². The lowest BCUT2D eigenvalue weighted by atomic mass is 10.3. The number of thioether (sulfide) groups is 1. The Morgan fingerprint density at radius 3 is 2.12 bits per heavy atom. The Bertz CT molecular complexity index is 835. The van der Waals surface area contributed by atoms with Crippen LogP contribution in [0.2, 0.25) is 0 Å². The summed E-state index contributed by atoms with van der Waals surface area (Å²) in [5.41, 5.74) is 0.571. The van der Waals surface area contributed by atoms with Crippen LogP contribution >= 0.6 is 11.8 Å². The van der Waals surface area contributed by atoms with E-state index in [0.29, 0.717) is 5.69 Å². The van der Waals surface area contributed by atoms with Gasteiger partial charge in [-0.2, -0.15) is 4.31 Å². The zero-order chi connectivity index (χ0) is 19.3. The van der Waals surface area contributed by atoms with Crippen molar-refractivity contribution in [2.75, 3.05) is 12.4 Å². The van der Waals surface area contributed by atoms with Crippen molar-refractivity contribution in [2.24, 2.45) is 0 Å². The van der Waals surface area contributed by atoms with E-state index < -0.39 is 10.0 Å². The fourth-order valence-corrected chi connectivity index (χ4v) is 4.41. The Labute approximate surface area is 159 Å². The van der Waals surface area contributed by atoms with E-state index in [1.54, 1.807) is 19.2 Å². The third-order valence-electron chi connectivity index (χ3n) is 3.95. The molecule has 2 aromatic rings. The Kier molecular flexibility index (Phi) is 6.86. The van der Waals surface area contributed by atoms with E-state index in [2.05, 4.69) is 5.32 Å². The van der Waals surface area contributed by atoms with Crippen LogP contribution in [-0.2, 0) is 14.8 Å². The molecule has 26 heavy (non-hydrogen) atoms.